The van der Waals surface area contributed by atoms with Crippen LogP contribution in [0.25, 0.3) is 0 Å². The number of Topliss-reactive ketones (excluding diaryl/α,β-unsaturated/α-hetero) is 1. The van der Waals surface area contributed by atoms with Crippen LogP contribution in [0.3, 0.4) is 0 Å². The zero-order valence-corrected chi connectivity index (χ0v) is 29.3. The molecule has 0 spiro atoms. The van der Waals surface area contributed by atoms with E-state index in [1.165, 1.54) is 23.8 Å². The second kappa shape index (κ2) is 15.4. The summed E-state index contributed by atoms with van der Waals surface area (Å²) in [6.07, 6.45) is 5.59. The molecule has 3 aliphatic rings. The number of halogens is 1. The Morgan fingerprint density at radius 2 is 1.74 bits per heavy atom. The summed E-state index contributed by atoms with van der Waals surface area (Å²) >= 11 is 1.21. The van der Waals surface area contributed by atoms with Gasteiger partial charge in [0.1, 0.15) is 11.4 Å². The van der Waals surface area contributed by atoms with Crippen LogP contribution < -0.4 is 10.6 Å². The first-order valence-corrected chi connectivity index (χ1v) is 17.9. The number of benzene rings is 1. The molecule has 0 saturated carbocycles. The second-order valence-corrected chi connectivity index (χ2v) is 15.5. The van der Waals surface area contributed by atoms with Crippen LogP contribution in [-0.4, -0.2) is 101 Å². The van der Waals surface area contributed by atoms with Crippen LogP contribution in [0, 0.1) is 24.6 Å². The van der Waals surface area contributed by atoms with Gasteiger partial charge in [0.2, 0.25) is 0 Å². The van der Waals surface area contributed by atoms with Crippen LogP contribution in [0.15, 0.2) is 24.3 Å². The number of aromatic nitrogens is 1. The largest absolute Gasteiger partial charge is 0.444 e. The SMILES string of the molecule is CC(=O)c1sc(NC(=O)N[C@@H]2CCN(C3CCN(C(=O)OC(C)(C)C)CC3)C[C@H]2CN2CCC[C@@H](Cc3ccc(F)cc3)C2)nc1C. The number of urea groups is 1. The maximum Gasteiger partial charge on any atom is 0.410 e. The van der Waals surface area contributed by atoms with E-state index in [1.807, 2.05) is 37.8 Å². The fourth-order valence-corrected chi connectivity index (χ4v) is 8.21. The summed E-state index contributed by atoms with van der Waals surface area (Å²) in [6.45, 7) is 14.9. The third-order valence-corrected chi connectivity index (χ3v) is 10.8. The number of anilines is 1. The smallest absolute Gasteiger partial charge is 0.410 e. The molecule has 4 heterocycles. The van der Waals surface area contributed by atoms with E-state index in [-0.39, 0.29) is 35.7 Å². The maximum absolute atomic E-state index is 13.5. The minimum Gasteiger partial charge on any atom is -0.444 e. The first-order chi connectivity index (χ1) is 22.3. The van der Waals surface area contributed by atoms with Crippen LogP contribution in [0.4, 0.5) is 19.1 Å². The van der Waals surface area contributed by atoms with Crippen LogP contribution >= 0.6 is 11.3 Å². The van der Waals surface area contributed by atoms with Crippen molar-refractivity contribution >= 4 is 34.4 Å². The molecule has 0 aliphatic carbocycles. The molecule has 258 valence electrons. The molecule has 3 fully saturated rings. The number of hydrogen-bond donors (Lipinski definition) is 2. The molecule has 12 heteroatoms. The number of aryl methyl sites for hydroxylation is 1. The zero-order valence-electron chi connectivity index (χ0n) is 28.5. The predicted octanol–water partition coefficient (Wildman–Crippen LogP) is 5.96. The third kappa shape index (κ3) is 9.96. The van der Waals surface area contributed by atoms with Gasteiger partial charge in [-0.1, -0.05) is 23.5 Å². The van der Waals surface area contributed by atoms with E-state index in [1.54, 1.807) is 19.1 Å². The molecule has 3 aliphatic heterocycles. The molecule has 2 N–H and O–H groups in total. The molecule has 3 saturated heterocycles. The highest BCUT2D eigenvalue weighted by Gasteiger charge is 2.37. The van der Waals surface area contributed by atoms with E-state index in [9.17, 15) is 18.8 Å². The van der Waals surface area contributed by atoms with Gasteiger partial charge in [0.25, 0.3) is 0 Å². The fraction of sp³-hybridized carbons (Fsp3) is 0.657. The lowest BCUT2D eigenvalue weighted by atomic mass is 9.87. The van der Waals surface area contributed by atoms with E-state index in [0.29, 0.717) is 40.8 Å². The molecule has 1 aromatic heterocycles. The molecule has 5 rings (SSSR count). The van der Waals surface area contributed by atoms with Crippen LogP contribution in [0.5, 0.6) is 0 Å². The Bertz CT molecular complexity index is 1390. The summed E-state index contributed by atoms with van der Waals surface area (Å²) in [4.78, 5) is 49.7. The van der Waals surface area contributed by atoms with Crippen LogP contribution in [-0.2, 0) is 11.2 Å². The molecule has 47 heavy (non-hydrogen) atoms. The lowest BCUT2D eigenvalue weighted by Crippen LogP contribution is -2.58. The zero-order chi connectivity index (χ0) is 33.7. The number of nitrogens with one attached hydrogen (secondary N) is 2. The van der Waals surface area contributed by atoms with Gasteiger partial charge in [0, 0.05) is 64.2 Å². The lowest BCUT2D eigenvalue weighted by Gasteiger charge is -2.46. The van der Waals surface area contributed by atoms with Crippen molar-refractivity contribution in [3.8, 4) is 0 Å². The molecular weight excluding hydrogens is 619 g/mol. The van der Waals surface area contributed by atoms with Gasteiger partial charge in [-0.25, -0.2) is 19.0 Å². The van der Waals surface area contributed by atoms with Crippen molar-refractivity contribution in [2.24, 2.45) is 11.8 Å². The Morgan fingerprint density at radius 1 is 1.02 bits per heavy atom. The summed E-state index contributed by atoms with van der Waals surface area (Å²) < 4.78 is 19.1. The normalized spacial score (nSPS) is 23.4. The van der Waals surface area contributed by atoms with Crippen molar-refractivity contribution in [3.63, 3.8) is 0 Å². The quantitative estimate of drug-likeness (QED) is 0.334. The van der Waals surface area contributed by atoms with Gasteiger partial charge in [0.05, 0.1) is 10.6 Å². The number of ether oxygens (including phenoxy) is 1. The Morgan fingerprint density at radius 3 is 2.40 bits per heavy atom. The number of piperidine rings is 3. The molecular formula is C35H51FN6O4S. The number of nitrogens with zero attached hydrogens (tertiary/aromatic N) is 4. The van der Waals surface area contributed by atoms with Crippen molar-refractivity contribution in [3.05, 3.63) is 46.2 Å². The lowest BCUT2D eigenvalue weighted by molar-refractivity contribution is 0.00707. The fourth-order valence-electron chi connectivity index (χ4n) is 7.35. The van der Waals surface area contributed by atoms with Crippen LogP contribution in [0.2, 0.25) is 0 Å². The standard InChI is InChI=1S/C35H51FN6O4S/c1-23-31(24(2)43)47-33(37-23)39-32(44)38-30-14-18-42(29-12-16-41(17-13-29)34(45)46-35(3,4)5)22-27(30)21-40-15-6-7-26(20-40)19-25-8-10-28(36)11-9-25/h8-11,26-27,29-30H,6-7,12-22H2,1-5H3,(H2,37,38,39,44)/t26-,27+,30+/m0/s1. The minimum absolute atomic E-state index is 0.0149. The Kier molecular flexibility index (Phi) is 11.6. The van der Waals surface area contributed by atoms with Crippen LogP contribution in [0.1, 0.15) is 80.7 Å². The molecule has 0 radical (unpaired) electrons. The molecule has 0 unspecified atom stereocenters. The number of rotatable bonds is 8. The summed E-state index contributed by atoms with van der Waals surface area (Å²) in [5.74, 6) is 0.457. The van der Waals surface area contributed by atoms with Crippen molar-refractivity contribution in [1.82, 2.24) is 25.0 Å². The average molecular weight is 671 g/mol. The second-order valence-electron chi connectivity index (χ2n) is 14.5. The van der Waals surface area contributed by atoms with Crippen molar-refractivity contribution in [2.75, 3.05) is 51.1 Å². The van der Waals surface area contributed by atoms with E-state index < -0.39 is 5.60 Å². The number of carbonyl (C=O) groups is 3. The van der Waals surface area contributed by atoms with Crippen molar-refractivity contribution in [2.45, 2.75) is 90.8 Å². The van der Waals surface area contributed by atoms with Crippen molar-refractivity contribution in [1.29, 1.82) is 0 Å². The topological polar surface area (TPSA) is 107 Å². The maximum atomic E-state index is 13.5. The number of carbonyl (C=O) groups excluding carboxylic acids is 3. The molecule has 3 atom stereocenters. The number of thiazole rings is 1. The molecule has 10 nitrogen and oxygen atoms in total. The van der Waals surface area contributed by atoms with E-state index in [0.717, 1.165) is 71.2 Å². The van der Waals surface area contributed by atoms with Gasteiger partial charge < -0.3 is 19.9 Å². The number of hydrogen-bond acceptors (Lipinski definition) is 8. The summed E-state index contributed by atoms with van der Waals surface area (Å²) in [7, 11) is 0. The Hall–Kier alpha value is -3.09. The van der Waals surface area contributed by atoms with Gasteiger partial charge in [-0.2, -0.15) is 0 Å². The number of ketones is 1. The molecule has 0 bridgehead atoms. The number of likely N-dealkylation sites (tertiary alicyclic amines) is 3. The Balaban J connectivity index is 1.22. The third-order valence-electron chi connectivity index (χ3n) is 9.58. The van der Waals surface area contributed by atoms with E-state index in [4.69, 9.17) is 4.74 Å². The summed E-state index contributed by atoms with van der Waals surface area (Å²) in [6, 6.07) is 6.93. The van der Waals surface area contributed by atoms with Gasteiger partial charge in [-0.3, -0.25) is 15.0 Å². The minimum atomic E-state index is -0.511. The predicted molar refractivity (Wildman–Crippen MR) is 183 cm³/mol. The monoisotopic (exact) mass is 670 g/mol. The van der Waals surface area contributed by atoms with E-state index in [2.05, 4.69) is 25.4 Å². The van der Waals surface area contributed by atoms with Gasteiger partial charge >= 0.3 is 12.1 Å². The highest BCUT2D eigenvalue weighted by atomic mass is 32.1. The average Bonchev–Trinajstić information content (AvgIpc) is 3.38. The van der Waals surface area contributed by atoms with E-state index >= 15 is 0 Å². The van der Waals surface area contributed by atoms with Gasteiger partial charge in [-0.05, 0) is 96.4 Å². The highest BCUT2D eigenvalue weighted by Crippen LogP contribution is 2.29. The summed E-state index contributed by atoms with van der Waals surface area (Å²) in [5, 5.41) is 6.56. The molecule has 1 aromatic carbocycles. The molecule has 2 aromatic rings. The van der Waals surface area contributed by atoms with Crippen molar-refractivity contribution < 1.29 is 23.5 Å². The first-order valence-electron chi connectivity index (χ1n) is 17.1. The first kappa shape index (κ1) is 35.2. The summed E-state index contributed by atoms with van der Waals surface area (Å²) in [5.41, 5.74) is 1.28. The van der Waals surface area contributed by atoms with Gasteiger partial charge in [0.15, 0.2) is 10.9 Å². The van der Waals surface area contributed by atoms with Gasteiger partial charge in [-0.15, -0.1) is 0 Å². The molecule has 3 amide bonds. The number of amides is 3. The highest BCUT2D eigenvalue weighted by molar-refractivity contribution is 7.17. The Labute approximate surface area is 282 Å².